The van der Waals surface area contributed by atoms with Gasteiger partial charge in [0.2, 0.25) is 0 Å². The minimum absolute atomic E-state index is 0.360. The van der Waals surface area contributed by atoms with Crippen LogP contribution in [-0.4, -0.2) is 21.5 Å². The lowest BCUT2D eigenvalue weighted by Gasteiger charge is -2.11. The lowest BCUT2D eigenvalue weighted by Crippen LogP contribution is -2.17. The molecule has 3 heterocycles. The molecule has 2 aromatic rings. The predicted molar refractivity (Wildman–Crippen MR) is 58.4 cm³/mol. The zero-order valence-electron chi connectivity index (χ0n) is 8.70. The summed E-state index contributed by atoms with van der Waals surface area (Å²) in [6.45, 7) is 3.33. The lowest BCUT2D eigenvalue weighted by atomic mass is 10.0. The number of hydrogen-bond acceptors (Lipinski definition) is 3. The van der Waals surface area contributed by atoms with E-state index in [2.05, 4.69) is 27.2 Å². The van der Waals surface area contributed by atoms with Gasteiger partial charge in [0.1, 0.15) is 5.82 Å². The van der Waals surface area contributed by atoms with Crippen LogP contribution in [0.25, 0.3) is 11.2 Å². The summed E-state index contributed by atoms with van der Waals surface area (Å²) >= 11 is 0. The summed E-state index contributed by atoms with van der Waals surface area (Å²) in [4.78, 5) is 12.1. The molecule has 1 fully saturated rings. The van der Waals surface area contributed by atoms with E-state index in [9.17, 15) is 0 Å². The number of pyridine rings is 1. The van der Waals surface area contributed by atoms with Crippen molar-refractivity contribution >= 4 is 11.2 Å². The molecular weight excluding hydrogens is 188 g/mol. The largest absolute Gasteiger partial charge is 0.339 e. The fourth-order valence-corrected chi connectivity index (χ4v) is 2.21. The molecule has 1 saturated heterocycles. The molecule has 0 spiro atoms. The van der Waals surface area contributed by atoms with Crippen molar-refractivity contribution in [2.45, 2.75) is 19.4 Å². The first-order valence-corrected chi connectivity index (χ1v) is 5.38. The molecule has 2 aromatic heterocycles. The van der Waals surface area contributed by atoms with E-state index in [1.807, 2.05) is 12.1 Å². The van der Waals surface area contributed by atoms with Crippen molar-refractivity contribution in [3.05, 3.63) is 24.2 Å². The second-order valence-corrected chi connectivity index (χ2v) is 4.19. The van der Waals surface area contributed by atoms with Gasteiger partial charge < -0.3 is 10.3 Å². The summed E-state index contributed by atoms with van der Waals surface area (Å²) in [7, 11) is 0. The van der Waals surface area contributed by atoms with Crippen molar-refractivity contribution in [3.63, 3.8) is 0 Å². The molecule has 0 aliphatic carbocycles. The normalized spacial score (nSPS) is 26.2. The average Bonchev–Trinajstić information content (AvgIpc) is 2.82. The van der Waals surface area contributed by atoms with E-state index in [4.69, 9.17) is 0 Å². The van der Waals surface area contributed by atoms with Crippen LogP contribution in [0.3, 0.4) is 0 Å². The highest BCUT2D eigenvalue weighted by molar-refractivity contribution is 5.70. The standard InChI is InChI=1S/C11H14N4/c1-7-4-6-12-9(7)11-14-8-3-2-5-13-10(8)15-11/h2-3,5,7,9,12H,4,6H2,1H3,(H,13,14,15). The second-order valence-electron chi connectivity index (χ2n) is 4.19. The molecule has 0 radical (unpaired) electrons. The van der Waals surface area contributed by atoms with Gasteiger partial charge in [-0.05, 0) is 31.0 Å². The number of imidazole rings is 1. The van der Waals surface area contributed by atoms with Gasteiger partial charge in [-0.15, -0.1) is 0 Å². The van der Waals surface area contributed by atoms with Gasteiger partial charge in [0.25, 0.3) is 0 Å². The molecular formula is C11H14N4. The van der Waals surface area contributed by atoms with Gasteiger partial charge in [-0.3, -0.25) is 0 Å². The van der Waals surface area contributed by atoms with Gasteiger partial charge in [-0.1, -0.05) is 6.92 Å². The van der Waals surface area contributed by atoms with Crippen LogP contribution in [0.2, 0.25) is 0 Å². The molecule has 1 aliphatic heterocycles. The second kappa shape index (κ2) is 3.31. The molecule has 2 N–H and O–H groups in total. The first kappa shape index (κ1) is 8.85. The van der Waals surface area contributed by atoms with Crippen LogP contribution >= 0.6 is 0 Å². The van der Waals surface area contributed by atoms with Crippen molar-refractivity contribution in [1.82, 2.24) is 20.3 Å². The Hall–Kier alpha value is -1.42. The zero-order chi connectivity index (χ0) is 10.3. The topological polar surface area (TPSA) is 53.6 Å². The summed E-state index contributed by atoms with van der Waals surface area (Å²) in [5, 5.41) is 3.46. The van der Waals surface area contributed by atoms with Gasteiger partial charge >= 0.3 is 0 Å². The Kier molecular flexibility index (Phi) is 1.95. The van der Waals surface area contributed by atoms with E-state index in [0.29, 0.717) is 12.0 Å². The molecule has 78 valence electrons. The van der Waals surface area contributed by atoms with E-state index >= 15 is 0 Å². The predicted octanol–water partition coefficient (Wildman–Crippen LogP) is 1.63. The third kappa shape index (κ3) is 1.41. The molecule has 0 saturated carbocycles. The monoisotopic (exact) mass is 202 g/mol. The highest BCUT2D eigenvalue weighted by Gasteiger charge is 2.26. The maximum atomic E-state index is 4.52. The Morgan fingerprint density at radius 3 is 3.13 bits per heavy atom. The van der Waals surface area contributed by atoms with Crippen molar-refractivity contribution in [2.75, 3.05) is 6.54 Å². The van der Waals surface area contributed by atoms with Crippen molar-refractivity contribution in [3.8, 4) is 0 Å². The van der Waals surface area contributed by atoms with Crippen molar-refractivity contribution in [1.29, 1.82) is 0 Å². The van der Waals surface area contributed by atoms with Gasteiger partial charge in [-0.2, -0.15) is 0 Å². The number of H-pyrrole nitrogens is 1. The van der Waals surface area contributed by atoms with E-state index in [-0.39, 0.29) is 0 Å². The summed E-state index contributed by atoms with van der Waals surface area (Å²) in [5.41, 5.74) is 1.84. The van der Waals surface area contributed by atoms with Crippen molar-refractivity contribution in [2.24, 2.45) is 5.92 Å². The number of hydrogen-bond donors (Lipinski definition) is 2. The van der Waals surface area contributed by atoms with Crippen LogP contribution in [0, 0.1) is 5.92 Å². The third-order valence-corrected chi connectivity index (χ3v) is 3.10. The number of nitrogens with zero attached hydrogens (tertiary/aromatic N) is 2. The minimum atomic E-state index is 0.360. The molecule has 0 aromatic carbocycles. The Labute approximate surface area is 88.1 Å². The van der Waals surface area contributed by atoms with Crippen LogP contribution in [0.4, 0.5) is 0 Å². The molecule has 2 unspecified atom stereocenters. The van der Waals surface area contributed by atoms with Crippen LogP contribution in [-0.2, 0) is 0 Å². The highest BCUT2D eigenvalue weighted by Crippen LogP contribution is 2.27. The van der Waals surface area contributed by atoms with E-state index in [1.165, 1.54) is 6.42 Å². The van der Waals surface area contributed by atoms with E-state index in [1.54, 1.807) is 6.20 Å². The molecule has 0 bridgehead atoms. The third-order valence-electron chi connectivity index (χ3n) is 3.10. The molecule has 1 aliphatic rings. The quantitative estimate of drug-likeness (QED) is 0.739. The smallest absolute Gasteiger partial charge is 0.177 e. The van der Waals surface area contributed by atoms with Gasteiger partial charge in [0, 0.05) is 6.20 Å². The van der Waals surface area contributed by atoms with E-state index < -0.39 is 0 Å². The first-order valence-electron chi connectivity index (χ1n) is 5.38. The Balaban J connectivity index is 2.04. The Morgan fingerprint density at radius 1 is 1.47 bits per heavy atom. The van der Waals surface area contributed by atoms with Crippen molar-refractivity contribution < 1.29 is 0 Å². The average molecular weight is 202 g/mol. The molecule has 4 heteroatoms. The minimum Gasteiger partial charge on any atom is -0.339 e. The van der Waals surface area contributed by atoms with Gasteiger partial charge in [0.15, 0.2) is 5.65 Å². The van der Waals surface area contributed by atoms with E-state index in [0.717, 1.165) is 23.5 Å². The fraction of sp³-hybridized carbons (Fsp3) is 0.455. The molecule has 4 nitrogen and oxygen atoms in total. The molecule has 3 rings (SSSR count). The summed E-state index contributed by atoms with van der Waals surface area (Å²) < 4.78 is 0. The van der Waals surface area contributed by atoms with Gasteiger partial charge in [0.05, 0.1) is 11.6 Å². The highest BCUT2D eigenvalue weighted by atomic mass is 15.1. The first-order chi connectivity index (χ1) is 7.34. The molecule has 15 heavy (non-hydrogen) atoms. The van der Waals surface area contributed by atoms with Crippen LogP contribution in [0.15, 0.2) is 18.3 Å². The summed E-state index contributed by atoms with van der Waals surface area (Å²) in [6.07, 6.45) is 2.99. The SMILES string of the molecule is CC1CCNC1c1nc2ncccc2[nH]1. The number of fused-ring (bicyclic) bond motifs is 1. The molecule has 0 amide bonds. The number of aromatic nitrogens is 3. The number of rotatable bonds is 1. The number of aromatic amines is 1. The van der Waals surface area contributed by atoms with Crippen LogP contribution in [0.5, 0.6) is 0 Å². The summed E-state index contributed by atoms with van der Waals surface area (Å²) in [5.74, 6) is 1.67. The summed E-state index contributed by atoms with van der Waals surface area (Å²) in [6, 6.07) is 4.30. The van der Waals surface area contributed by atoms with Gasteiger partial charge in [-0.25, -0.2) is 9.97 Å². The molecule has 2 atom stereocenters. The Bertz CT molecular complexity index is 443. The maximum Gasteiger partial charge on any atom is 0.177 e. The van der Waals surface area contributed by atoms with Crippen LogP contribution < -0.4 is 5.32 Å². The fourth-order valence-electron chi connectivity index (χ4n) is 2.21. The number of nitrogens with one attached hydrogen (secondary N) is 2. The van der Waals surface area contributed by atoms with Crippen LogP contribution in [0.1, 0.15) is 25.2 Å². The maximum absolute atomic E-state index is 4.52. The Morgan fingerprint density at radius 2 is 2.40 bits per heavy atom. The zero-order valence-corrected chi connectivity index (χ0v) is 8.70. The lowest BCUT2D eigenvalue weighted by molar-refractivity contribution is 0.484.